The Hall–Kier alpha value is -2.72. The molecule has 30 heavy (non-hydrogen) atoms. The predicted molar refractivity (Wildman–Crippen MR) is 120 cm³/mol. The van der Waals surface area contributed by atoms with Crippen LogP contribution in [0.4, 0.5) is 0 Å². The third kappa shape index (κ3) is 3.72. The highest BCUT2D eigenvalue weighted by molar-refractivity contribution is 6.01. The molecule has 4 nitrogen and oxygen atoms in total. The van der Waals surface area contributed by atoms with Crippen LogP contribution < -0.4 is 0 Å². The van der Waals surface area contributed by atoms with E-state index in [0.29, 0.717) is 11.3 Å². The maximum Gasteiger partial charge on any atom is 0.337 e. The van der Waals surface area contributed by atoms with E-state index in [4.69, 9.17) is 9.72 Å². The van der Waals surface area contributed by atoms with Crippen molar-refractivity contribution in [3.8, 4) is 11.1 Å². The van der Waals surface area contributed by atoms with E-state index in [9.17, 15) is 9.90 Å². The van der Waals surface area contributed by atoms with Crippen molar-refractivity contribution < 1.29 is 14.6 Å². The summed E-state index contributed by atoms with van der Waals surface area (Å²) in [5.41, 5.74) is 7.46. The number of aryl methyl sites for hydroxylation is 4. The normalized spacial score (nSPS) is 14.7. The summed E-state index contributed by atoms with van der Waals surface area (Å²) in [7, 11) is 0. The lowest BCUT2D eigenvalue weighted by Crippen LogP contribution is -2.28. The number of carboxylic acids is 1. The average molecular weight is 404 g/mol. The topological polar surface area (TPSA) is 59.4 Å². The molecule has 1 heterocycles. The molecule has 0 amide bonds. The van der Waals surface area contributed by atoms with Gasteiger partial charge in [-0.25, -0.2) is 4.79 Å². The Morgan fingerprint density at radius 3 is 2.40 bits per heavy atom. The van der Waals surface area contributed by atoms with Crippen LogP contribution in [-0.4, -0.2) is 21.7 Å². The molecule has 0 bridgehead atoms. The summed E-state index contributed by atoms with van der Waals surface area (Å²) in [5, 5.41) is 11.2. The van der Waals surface area contributed by atoms with Gasteiger partial charge < -0.3 is 9.84 Å². The van der Waals surface area contributed by atoms with Gasteiger partial charge in [0.25, 0.3) is 0 Å². The van der Waals surface area contributed by atoms with Gasteiger partial charge >= 0.3 is 5.97 Å². The Labute approximate surface area is 177 Å². The maximum atomic E-state index is 12.4. The zero-order valence-corrected chi connectivity index (χ0v) is 18.4. The van der Waals surface area contributed by atoms with Crippen molar-refractivity contribution in [3.05, 3.63) is 64.3 Å². The molecule has 1 aliphatic rings. The fraction of sp³-hybridized carbons (Fsp3) is 0.385. The van der Waals surface area contributed by atoms with E-state index >= 15 is 0 Å². The average Bonchev–Trinajstić information content (AvgIpc) is 3.14. The largest absolute Gasteiger partial charge is 0.479 e. The third-order valence-electron chi connectivity index (χ3n) is 5.76. The van der Waals surface area contributed by atoms with Gasteiger partial charge in [0, 0.05) is 16.6 Å². The SMILES string of the molecule is Cc1ccc(-c2c(C(OC(C)(C)C)C(=O)O)c(C)nc3ccc4c(c23)CCC4)cc1. The smallest absolute Gasteiger partial charge is 0.337 e. The number of ether oxygens (including phenoxy) is 1. The Balaban J connectivity index is 2.11. The number of hydrogen-bond acceptors (Lipinski definition) is 3. The van der Waals surface area contributed by atoms with Crippen LogP contribution in [0.3, 0.4) is 0 Å². The van der Waals surface area contributed by atoms with Gasteiger partial charge in [-0.2, -0.15) is 0 Å². The number of carbonyl (C=O) groups is 1. The minimum absolute atomic E-state index is 0.604. The Morgan fingerprint density at radius 2 is 1.77 bits per heavy atom. The second kappa shape index (κ2) is 7.51. The quantitative estimate of drug-likeness (QED) is 0.585. The van der Waals surface area contributed by atoms with E-state index in [-0.39, 0.29) is 0 Å². The van der Waals surface area contributed by atoms with E-state index < -0.39 is 17.7 Å². The number of aromatic nitrogens is 1. The van der Waals surface area contributed by atoms with Gasteiger partial charge in [-0.3, -0.25) is 4.98 Å². The van der Waals surface area contributed by atoms with Gasteiger partial charge in [-0.1, -0.05) is 35.9 Å². The van der Waals surface area contributed by atoms with E-state index in [1.807, 2.05) is 27.7 Å². The predicted octanol–water partition coefficient (Wildman–Crippen LogP) is 5.95. The molecule has 156 valence electrons. The monoisotopic (exact) mass is 403 g/mol. The molecule has 0 saturated heterocycles. The van der Waals surface area contributed by atoms with Crippen LogP contribution in [0.1, 0.15) is 61.2 Å². The van der Waals surface area contributed by atoms with Crippen LogP contribution in [0.5, 0.6) is 0 Å². The number of nitrogens with zero attached hydrogens (tertiary/aromatic N) is 1. The standard InChI is InChI=1S/C26H29NO3/c1-15-9-11-18(12-10-15)22-21(24(25(28)29)30-26(3,4)5)16(2)27-20-14-13-17-7-6-8-19(17)23(20)22/h9-14,24H,6-8H2,1-5H3,(H,28,29). The third-order valence-corrected chi connectivity index (χ3v) is 5.76. The number of hydrogen-bond donors (Lipinski definition) is 1. The van der Waals surface area contributed by atoms with Crippen molar-refractivity contribution in [1.29, 1.82) is 0 Å². The Kier molecular flexibility index (Phi) is 5.15. The van der Waals surface area contributed by atoms with Crippen molar-refractivity contribution >= 4 is 16.9 Å². The van der Waals surface area contributed by atoms with Crippen molar-refractivity contribution in [1.82, 2.24) is 4.98 Å². The van der Waals surface area contributed by atoms with E-state index in [1.165, 1.54) is 16.7 Å². The molecule has 0 spiro atoms. The number of pyridine rings is 1. The first-order valence-corrected chi connectivity index (χ1v) is 10.6. The summed E-state index contributed by atoms with van der Waals surface area (Å²) in [4.78, 5) is 17.2. The molecule has 1 unspecified atom stereocenters. The molecule has 0 aliphatic heterocycles. The molecule has 2 aromatic carbocycles. The van der Waals surface area contributed by atoms with E-state index in [2.05, 4.69) is 43.3 Å². The first kappa shape index (κ1) is 20.5. The van der Waals surface area contributed by atoms with Gasteiger partial charge in [-0.05, 0) is 82.2 Å². The minimum atomic E-state index is -1.09. The molecular weight excluding hydrogens is 374 g/mol. The van der Waals surface area contributed by atoms with Gasteiger partial charge in [-0.15, -0.1) is 0 Å². The van der Waals surface area contributed by atoms with E-state index in [0.717, 1.165) is 41.3 Å². The molecule has 0 saturated carbocycles. The van der Waals surface area contributed by atoms with Gasteiger partial charge in [0.15, 0.2) is 6.10 Å². The van der Waals surface area contributed by atoms with Crippen molar-refractivity contribution in [2.75, 3.05) is 0 Å². The summed E-state index contributed by atoms with van der Waals surface area (Å²) < 4.78 is 6.08. The first-order chi connectivity index (χ1) is 14.2. The van der Waals surface area contributed by atoms with Gasteiger partial charge in [0.05, 0.1) is 11.1 Å². The highest BCUT2D eigenvalue weighted by atomic mass is 16.5. The fourth-order valence-electron chi connectivity index (χ4n) is 4.51. The molecule has 3 aromatic rings. The molecule has 1 aromatic heterocycles. The minimum Gasteiger partial charge on any atom is -0.479 e. The molecule has 0 radical (unpaired) electrons. The van der Waals surface area contributed by atoms with Crippen LogP contribution in [0.15, 0.2) is 36.4 Å². The summed E-state index contributed by atoms with van der Waals surface area (Å²) in [6, 6.07) is 12.6. The molecular formula is C26H29NO3. The van der Waals surface area contributed by atoms with Gasteiger partial charge in [0.1, 0.15) is 0 Å². The highest BCUT2D eigenvalue weighted by Crippen LogP contribution is 2.42. The number of rotatable bonds is 4. The van der Waals surface area contributed by atoms with Crippen molar-refractivity contribution in [3.63, 3.8) is 0 Å². The number of fused-ring (bicyclic) bond motifs is 3. The number of benzene rings is 2. The maximum absolute atomic E-state index is 12.4. The zero-order valence-electron chi connectivity index (χ0n) is 18.4. The zero-order chi connectivity index (χ0) is 21.6. The second-order valence-electron chi connectivity index (χ2n) is 9.25. The second-order valence-corrected chi connectivity index (χ2v) is 9.25. The van der Waals surface area contributed by atoms with Crippen LogP contribution in [-0.2, 0) is 22.4 Å². The van der Waals surface area contributed by atoms with Crippen LogP contribution in [0.25, 0.3) is 22.0 Å². The Bertz CT molecular complexity index is 1120. The summed E-state index contributed by atoms with van der Waals surface area (Å²) in [5.74, 6) is -0.991. The lowest BCUT2D eigenvalue weighted by Gasteiger charge is -2.28. The fourth-order valence-corrected chi connectivity index (χ4v) is 4.51. The Morgan fingerprint density at radius 1 is 1.07 bits per heavy atom. The number of carboxylic acid groups (broad SMARTS) is 1. The highest BCUT2D eigenvalue weighted by Gasteiger charge is 2.33. The lowest BCUT2D eigenvalue weighted by molar-refractivity contribution is -0.160. The van der Waals surface area contributed by atoms with Crippen LogP contribution in [0, 0.1) is 13.8 Å². The molecule has 1 atom stereocenters. The molecule has 1 aliphatic carbocycles. The van der Waals surface area contributed by atoms with Crippen LogP contribution >= 0.6 is 0 Å². The first-order valence-electron chi connectivity index (χ1n) is 10.6. The number of aliphatic carboxylic acids is 1. The summed E-state index contributed by atoms with van der Waals surface area (Å²) in [6.07, 6.45) is 2.08. The lowest BCUT2D eigenvalue weighted by atomic mass is 9.88. The summed E-state index contributed by atoms with van der Waals surface area (Å²) in [6.45, 7) is 9.60. The molecule has 4 rings (SSSR count). The van der Waals surface area contributed by atoms with Crippen LogP contribution in [0.2, 0.25) is 0 Å². The molecule has 1 N–H and O–H groups in total. The van der Waals surface area contributed by atoms with Gasteiger partial charge in [0.2, 0.25) is 0 Å². The summed E-state index contributed by atoms with van der Waals surface area (Å²) >= 11 is 0. The van der Waals surface area contributed by atoms with E-state index in [1.54, 1.807) is 0 Å². The van der Waals surface area contributed by atoms with Crippen molar-refractivity contribution in [2.45, 2.75) is 65.6 Å². The molecule has 0 fully saturated rings. The molecule has 4 heteroatoms. The van der Waals surface area contributed by atoms with Crippen molar-refractivity contribution in [2.24, 2.45) is 0 Å².